The second kappa shape index (κ2) is 8.68. The molecule has 0 radical (unpaired) electrons. The molecule has 0 spiro atoms. The SMILES string of the molecule is CC(C)OC(=O)C(SC#N)P(=O)(OC(C)C)OC(C)C. The van der Waals surface area contributed by atoms with Gasteiger partial charge in [0.1, 0.15) is 5.40 Å². The number of nitrogens with zero attached hydrogens (tertiary/aromatic N) is 1. The molecule has 0 N–H and O–H groups in total. The van der Waals surface area contributed by atoms with Crippen molar-refractivity contribution in [2.75, 3.05) is 0 Å². The van der Waals surface area contributed by atoms with Gasteiger partial charge in [0.15, 0.2) is 0 Å². The molecule has 0 saturated carbocycles. The maximum atomic E-state index is 12.8. The average Bonchev–Trinajstić information content (AvgIpc) is 2.21. The molecular weight excluding hydrogens is 301 g/mol. The minimum atomic E-state index is -3.80. The van der Waals surface area contributed by atoms with Crippen molar-refractivity contribution in [2.45, 2.75) is 64.8 Å². The smallest absolute Gasteiger partial charge is 0.356 e. The van der Waals surface area contributed by atoms with Crippen LogP contribution in [0.5, 0.6) is 0 Å². The zero-order valence-electron chi connectivity index (χ0n) is 12.7. The Balaban J connectivity index is 5.36. The predicted molar refractivity (Wildman–Crippen MR) is 78.3 cm³/mol. The van der Waals surface area contributed by atoms with Crippen molar-refractivity contribution in [3.63, 3.8) is 0 Å². The highest BCUT2D eigenvalue weighted by Gasteiger charge is 2.45. The Bertz CT molecular complexity index is 391. The number of ether oxygens (including phenoxy) is 1. The van der Waals surface area contributed by atoms with Gasteiger partial charge in [-0.1, -0.05) is 0 Å². The van der Waals surface area contributed by atoms with Gasteiger partial charge in [-0.15, -0.1) is 0 Å². The molecule has 0 aliphatic heterocycles. The van der Waals surface area contributed by atoms with Gasteiger partial charge in [0.2, 0.25) is 4.99 Å². The standard InChI is InChI=1S/C12H22NO5PS/c1-8(2)16-11(14)12(20-7-13)19(15,17-9(3)4)18-10(5)6/h8-10,12H,1-6H3. The molecule has 1 unspecified atom stereocenters. The van der Waals surface area contributed by atoms with Gasteiger partial charge in [-0.2, -0.15) is 5.26 Å². The fourth-order valence-corrected chi connectivity index (χ4v) is 4.28. The van der Waals surface area contributed by atoms with Crippen molar-refractivity contribution >= 4 is 25.3 Å². The maximum absolute atomic E-state index is 12.8. The second-order valence-electron chi connectivity index (χ2n) is 4.90. The maximum Gasteiger partial charge on any atom is 0.356 e. The first-order valence-corrected chi connectivity index (χ1v) is 8.83. The van der Waals surface area contributed by atoms with Crippen LogP contribution in [-0.2, 0) is 23.1 Å². The van der Waals surface area contributed by atoms with Crippen molar-refractivity contribution in [3.05, 3.63) is 0 Å². The number of hydrogen-bond donors (Lipinski definition) is 0. The van der Waals surface area contributed by atoms with Gasteiger partial charge in [0.05, 0.1) is 18.3 Å². The summed E-state index contributed by atoms with van der Waals surface area (Å²) >= 11 is 0.535. The molecule has 0 aromatic heterocycles. The summed E-state index contributed by atoms with van der Waals surface area (Å²) in [7, 11) is -3.80. The fraction of sp³-hybridized carbons (Fsp3) is 0.833. The van der Waals surface area contributed by atoms with Gasteiger partial charge in [-0.05, 0) is 53.3 Å². The lowest BCUT2D eigenvalue weighted by atomic mass is 10.5. The summed E-state index contributed by atoms with van der Waals surface area (Å²) in [6.45, 7) is 10.1. The lowest BCUT2D eigenvalue weighted by Gasteiger charge is -2.27. The third kappa shape index (κ3) is 6.76. The van der Waals surface area contributed by atoms with Crippen molar-refractivity contribution in [1.82, 2.24) is 0 Å². The van der Waals surface area contributed by atoms with Crippen LogP contribution in [0.3, 0.4) is 0 Å². The van der Waals surface area contributed by atoms with E-state index in [1.54, 1.807) is 46.9 Å². The molecule has 20 heavy (non-hydrogen) atoms. The molecule has 0 heterocycles. The van der Waals surface area contributed by atoms with Crippen molar-refractivity contribution < 1.29 is 23.1 Å². The number of nitriles is 1. The summed E-state index contributed by atoms with van der Waals surface area (Å²) < 4.78 is 28.5. The van der Waals surface area contributed by atoms with E-state index in [1.807, 2.05) is 0 Å². The van der Waals surface area contributed by atoms with Crippen LogP contribution < -0.4 is 0 Å². The van der Waals surface area contributed by atoms with Gasteiger partial charge < -0.3 is 13.8 Å². The molecule has 0 fully saturated rings. The van der Waals surface area contributed by atoms with E-state index < -0.39 is 30.8 Å². The summed E-state index contributed by atoms with van der Waals surface area (Å²) in [6.07, 6.45) is -1.20. The van der Waals surface area contributed by atoms with Crippen LogP contribution in [0.25, 0.3) is 0 Å². The molecule has 8 heteroatoms. The summed E-state index contributed by atoms with van der Waals surface area (Å²) in [4.78, 5) is 10.7. The van der Waals surface area contributed by atoms with E-state index in [0.717, 1.165) is 0 Å². The highest BCUT2D eigenvalue weighted by atomic mass is 32.2. The van der Waals surface area contributed by atoms with E-state index in [0.29, 0.717) is 11.8 Å². The first-order valence-electron chi connectivity index (χ1n) is 6.34. The van der Waals surface area contributed by atoms with E-state index >= 15 is 0 Å². The predicted octanol–water partition coefficient (Wildman–Crippen LogP) is 3.52. The molecular formula is C12H22NO5PS. The van der Waals surface area contributed by atoms with Crippen LogP contribution in [0.15, 0.2) is 0 Å². The van der Waals surface area contributed by atoms with Crippen LogP contribution in [0.2, 0.25) is 0 Å². The van der Waals surface area contributed by atoms with Crippen LogP contribution in [0.1, 0.15) is 41.5 Å². The van der Waals surface area contributed by atoms with Crippen LogP contribution in [-0.4, -0.2) is 29.3 Å². The van der Waals surface area contributed by atoms with E-state index in [4.69, 9.17) is 19.0 Å². The minimum Gasteiger partial charge on any atom is -0.462 e. The van der Waals surface area contributed by atoms with Crippen LogP contribution in [0.4, 0.5) is 0 Å². The Morgan fingerprint density at radius 1 is 1.05 bits per heavy atom. The highest BCUT2D eigenvalue weighted by molar-refractivity contribution is 8.10. The van der Waals surface area contributed by atoms with Crippen molar-refractivity contribution in [1.29, 1.82) is 5.26 Å². The number of esters is 1. The summed E-state index contributed by atoms with van der Waals surface area (Å²) in [5.41, 5.74) is 0. The average molecular weight is 323 g/mol. The minimum absolute atomic E-state index is 0.379. The van der Waals surface area contributed by atoms with Crippen LogP contribution >= 0.6 is 19.4 Å². The lowest BCUT2D eigenvalue weighted by Crippen LogP contribution is -2.27. The van der Waals surface area contributed by atoms with Crippen molar-refractivity contribution in [2.24, 2.45) is 0 Å². The fourth-order valence-electron chi connectivity index (χ4n) is 1.31. The number of rotatable bonds is 8. The summed E-state index contributed by atoms with van der Waals surface area (Å²) in [5.74, 6) is -0.767. The topological polar surface area (TPSA) is 85.6 Å². The molecule has 0 rings (SSSR count). The Labute approximate surface area is 124 Å². The second-order valence-corrected chi connectivity index (χ2v) is 8.15. The van der Waals surface area contributed by atoms with E-state index in [-0.39, 0.29) is 6.10 Å². The van der Waals surface area contributed by atoms with E-state index in [1.165, 1.54) is 0 Å². The lowest BCUT2D eigenvalue weighted by molar-refractivity contribution is -0.145. The number of carbonyl (C=O) groups excluding carboxylic acids is 1. The van der Waals surface area contributed by atoms with Crippen molar-refractivity contribution in [3.8, 4) is 5.40 Å². The molecule has 116 valence electrons. The van der Waals surface area contributed by atoms with E-state index in [2.05, 4.69) is 0 Å². The number of thioether (sulfide) groups is 1. The quantitative estimate of drug-likeness (QED) is 0.384. The molecule has 6 nitrogen and oxygen atoms in total. The molecule has 0 amide bonds. The highest BCUT2D eigenvalue weighted by Crippen LogP contribution is 2.59. The molecule has 0 bridgehead atoms. The Morgan fingerprint density at radius 2 is 1.50 bits per heavy atom. The zero-order valence-corrected chi connectivity index (χ0v) is 14.4. The molecule has 0 aliphatic carbocycles. The first kappa shape index (κ1) is 19.5. The van der Waals surface area contributed by atoms with Gasteiger partial charge in [0.25, 0.3) is 0 Å². The third-order valence-corrected chi connectivity index (χ3v) is 5.55. The Kier molecular flexibility index (Phi) is 8.45. The third-order valence-electron chi connectivity index (χ3n) is 1.72. The number of hydrogen-bond acceptors (Lipinski definition) is 7. The summed E-state index contributed by atoms with van der Waals surface area (Å²) in [5, 5.41) is 10.6. The largest absolute Gasteiger partial charge is 0.462 e. The van der Waals surface area contributed by atoms with Gasteiger partial charge in [-0.3, -0.25) is 9.36 Å². The first-order chi connectivity index (χ1) is 9.12. The van der Waals surface area contributed by atoms with Gasteiger partial charge in [-0.25, -0.2) is 0 Å². The molecule has 0 aromatic rings. The summed E-state index contributed by atoms with van der Waals surface area (Å²) in [6, 6.07) is 0. The number of carbonyl (C=O) groups is 1. The normalized spacial score (nSPS) is 13.6. The Hall–Kier alpha value is -0.540. The van der Waals surface area contributed by atoms with Crippen LogP contribution in [0, 0.1) is 10.7 Å². The van der Waals surface area contributed by atoms with E-state index in [9.17, 15) is 9.36 Å². The number of thiocyanates is 1. The monoisotopic (exact) mass is 323 g/mol. The zero-order chi connectivity index (χ0) is 15.9. The van der Waals surface area contributed by atoms with Gasteiger partial charge in [0, 0.05) is 0 Å². The van der Waals surface area contributed by atoms with Gasteiger partial charge >= 0.3 is 13.6 Å². The Morgan fingerprint density at radius 3 is 1.80 bits per heavy atom. The molecule has 0 aromatic carbocycles. The molecule has 0 aliphatic rings. The molecule has 0 saturated heterocycles. The molecule has 1 atom stereocenters.